The fourth-order valence-corrected chi connectivity index (χ4v) is 1.26. The fraction of sp³-hybridized carbons (Fsp3) is 0.222. The van der Waals surface area contributed by atoms with Gasteiger partial charge >= 0.3 is 5.69 Å². The van der Waals surface area contributed by atoms with E-state index in [0.29, 0.717) is 6.29 Å². The average Bonchev–Trinajstić information content (AvgIpc) is 2.27. The SMILES string of the molecule is COc1cc(C=O)c([N+](=O)[O-])c(OC)c1O. The predicted molar refractivity (Wildman–Crippen MR) is 53.3 cm³/mol. The van der Waals surface area contributed by atoms with Gasteiger partial charge in [-0.05, 0) is 0 Å². The Morgan fingerprint density at radius 2 is 2.06 bits per heavy atom. The number of phenols is 1. The first-order chi connectivity index (χ1) is 7.56. The zero-order chi connectivity index (χ0) is 12.3. The highest BCUT2D eigenvalue weighted by atomic mass is 16.6. The summed E-state index contributed by atoms with van der Waals surface area (Å²) in [6, 6.07) is 1.07. The Morgan fingerprint density at radius 3 is 2.44 bits per heavy atom. The quantitative estimate of drug-likeness (QED) is 0.470. The summed E-state index contributed by atoms with van der Waals surface area (Å²) >= 11 is 0. The van der Waals surface area contributed by atoms with Gasteiger partial charge in [-0.3, -0.25) is 14.9 Å². The van der Waals surface area contributed by atoms with Gasteiger partial charge in [-0.15, -0.1) is 0 Å². The second-order valence-electron chi connectivity index (χ2n) is 2.77. The number of nitro groups is 1. The van der Waals surface area contributed by atoms with Gasteiger partial charge in [0.15, 0.2) is 12.0 Å². The molecule has 0 fully saturated rings. The van der Waals surface area contributed by atoms with Crippen LogP contribution in [0.5, 0.6) is 17.2 Å². The molecule has 0 atom stereocenters. The Balaban J connectivity index is 3.63. The molecular weight excluding hydrogens is 218 g/mol. The minimum absolute atomic E-state index is 0.0652. The van der Waals surface area contributed by atoms with E-state index in [0.717, 1.165) is 13.2 Å². The Labute approximate surface area is 90.4 Å². The molecule has 1 N–H and O–H groups in total. The first kappa shape index (κ1) is 11.8. The third kappa shape index (κ3) is 1.74. The van der Waals surface area contributed by atoms with E-state index in [1.165, 1.54) is 7.11 Å². The molecule has 0 spiro atoms. The molecule has 0 aromatic heterocycles. The lowest BCUT2D eigenvalue weighted by Crippen LogP contribution is -2.00. The van der Waals surface area contributed by atoms with E-state index in [2.05, 4.69) is 0 Å². The number of hydrogen-bond acceptors (Lipinski definition) is 6. The van der Waals surface area contributed by atoms with Gasteiger partial charge in [-0.2, -0.15) is 0 Å². The van der Waals surface area contributed by atoms with Crippen molar-refractivity contribution in [3.8, 4) is 17.2 Å². The summed E-state index contributed by atoms with van der Waals surface area (Å²) in [7, 11) is 2.41. The molecule has 1 aromatic carbocycles. The van der Waals surface area contributed by atoms with E-state index in [-0.39, 0.29) is 11.3 Å². The first-order valence-electron chi connectivity index (χ1n) is 4.14. The second-order valence-corrected chi connectivity index (χ2v) is 2.77. The zero-order valence-electron chi connectivity index (χ0n) is 8.59. The average molecular weight is 227 g/mol. The summed E-state index contributed by atoms with van der Waals surface area (Å²) in [5.41, 5.74) is -0.813. The number of aldehydes is 1. The standard InChI is InChI=1S/C9H9NO6/c1-15-6-3-5(4-11)7(10(13)14)9(16-2)8(6)12/h3-4,12H,1-2H3. The van der Waals surface area contributed by atoms with Crippen molar-refractivity contribution in [2.24, 2.45) is 0 Å². The van der Waals surface area contributed by atoms with Crippen molar-refractivity contribution in [1.29, 1.82) is 0 Å². The van der Waals surface area contributed by atoms with Crippen molar-refractivity contribution in [2.45, 2.75) is 0 Å². The summed E-state index contributed by atoms with van der Waals surface area (Å²) in [6.45, 7) is 0. The molecule has 0 saturated carbocycles. The van der Waals surface area contributed by atoms with Crippen LogP contribution in [0.25, 0.3) is 0 Å². The normalized spacial score (nSPS) is 9.62. The van der Waals surface area contributed by atoms with E-state index in [1.54, 1.807) is 0 Å². The third-order valence-corrected chi connectivity index (χ3v) is 1.96. The second kappa shape index (κ2) is 4.47. The van der Waals surface area contributed by atoms with Gasteiger partial charge in [-0.1, -0.05) is 0 Å². The van der Waals surface area contributed by atoms with E-state index in [9.17, 15) is 20.0 Å². The van der Waals surface area contributed by atoms with Crippen molar-refractivity contribution < 1.29 is 24.3 Å². The number of carbonyl (C=O) groups is 1. The van der Waals surface area contributed by atoms with Gasteiger partial charge in [0.05, 0.1) is 19.1 Å². The molecule has 0 amide bonds. The van der Waals surface area contributed by atoms with Crippen LogP contribution < -0.4 is 9.47 Å². The van der Waals surface area contributed by atoms with Crippen LogP contribution >= 0.6 is 0 Å². The summed E-state index contributed by atoms with van der Waals surface area (Å²) in [4.78, 5) is 20.6. The van der Waals surface area contributed by atoms with Crippen LogP contribution in [-0.2, 0) is 0 Å². The Hall–Kier alpha value is -2.31. The molecule has 0 saturated heterocycles. The largest absolute Gasteiger partial charge is 0.502 e. The van der Waals surface area contributed by atoms with Crippen LogP contribution in [-0.4, -0.2) is 30.5 Å². The van der Waals surface area contributed by atoms with E-state index in [1.807, 2.05) is 0 Å². The van der Waals surface area contributed by atoms with Crippen LogP contribution in [0, 0.1) is 10.1 Å². The molecule has 86 valence electrons. The van der Waals surface area contributed by atoms with Gasteiger partial charge < -0.3 is 14.6 Å². The Morgan fingerprint density at radius 1 is 1.44 bits per heavy atom. The lowest BCUT2D eigenvalue weighted by Gasteiger charge is -2.09. The minimum Gasteiger partial charge on any atom is -0.502 e. The summed E-state index contributed by atoms with van der Waals surface area (Å²) in [6.07, 6.45) is 0.294. The molecule has 7 heteroatoms. The number of ether oxygens (including phenoxy) is 2. The maximum Gasteiger partial charge on any atom is 0.325 e. The van der Waals surface area contributed by atoms with Crippen LogP contribution in [0.15, 0.2) is 6.07 Å². The van der Waals surface area contributed by atoms with E-state index < -0.39 is 22.1 Å². The monoisotopic (exact) mass is 227 g/mol. The highest BCUT2D eigenvalue weighted by Crippen LogP contribution is 2.44. The number of benzene rings is 1. The third-order valence-electron chi connectivity index (χ3n) is 1.96. The van der Waals surface area contributed by atoms with Crippen molar-refractivity contribution in [3.63, 3.8) is 0 Å². The van der Waals surface area contributed by atoms with Crippen LogP contribution in [0.4, 0.5) is 5.69 Å². The van der Waals surface area contributed by atoms with Gasteiger partial charge in [0, 0.05) is 6.07 Å². The minimum atomic E-state index is -0.804. The van der Waals surface area contributed by atoms with Gasteiger partial charge in [0.2, 0.25) is 11.5 Å². The van der Waals surface area contributed by atoms with Crippen molar-refractivity contribution >= 4 is 12.0 Å². The molecule has 1 rings (SSSR count). The Bertz CT molecular complexity index is 442. The zero-order valence-corrected chi connectivity index (χ0v) is 8.59. The molecule has 0 aliphatic rings. The summed E-state index contributed by atoms with van der Waals surface area (Å²) in [5, 5.41) is 20.3. The number of hydrogen-bond donors (Lipinski definition) is 1. The molecule has 0 heterocycles. The topological polar surface area (TPSA) is 98.9 Å². The lowest BCUT2D eigenvalue weighted by molar-refractivity contribution is -0.386. The predicted octanol–water partition coefficient (Wildman–Crippen LogP) is 1.13. The fourth-order valence-electron chi connectivity index (χ4n) is 1.26. The Kier molecular flexibility index (Phi) is 3.29. The van der Waals surface area contributed by atoms with Crippen LogP contribution in [0.1, 0.15) is 10.4 Å². The molecule has 7 nitrogen and oxygen atoms in total. The number of aromatic hydroxyl groups is 1. The lowest BCUT2D eigenvalue weighted by atomic mass is 10.1. The van der Waals surface area contributed by atoms with Gasteiger partial charge in [-0.25, -0.2) is 0 Å². The first-order valence-corrected chi connectivity index (χ1v) is 4.14. The van der Waals surface area contributed by atoms with Gasteiger partial charge in [0.25, 0.3) is 0 Å². The van der Waals surface area contributed by atoms with Crippen LogP contribution in [0.2, 0.25) is 0 Å². The smallest absolute Gasteiger partial charge is 0.325 e. The van der Waals surface area contributed by atoms with Crippen molar-refractivity contribution in [2.75, 3.05) is 14.2 Å². The maximum absolute atomic E-state index is 10.7. The number of phenolic OH excluding ortho intramolecular Hbond substituents is 1. The highest BCUT2D eigenvalue weighted by molar-refractivity contribution is 5.86. The molecule has 0 unspecified atom stereocenters. The number of nitro benzene ring substituents is 1. The molecule has 0 aliphatic heterocycles. The summed E-state index contributed by atoms with van der Waals surface area (Å²) in [5.74, 6) is -0.974. The molecule has 0 bridgehead atoms. The van der Waals surface area contributed by atoms with Crippen molar-refractivity contribution in [3.05, 3.63) is 21.7 Å². The number of methoxy groups -OCH3 is 2. The van der Waals surface area contributed by atoms with Crippen molar-refractivity contribution in [1.82, 2.24) is 0 Å². The molecule has 1 aromatic rings. The number of carbonyl (C=O) groups excluding carboxylic acids is 1. The van der Waals surface area contributed by atoms with Gasteiger partial charge in [0.1, 0.15) is 5.56 Å². The van der Waals surface area contributed by atoms with E-state index in [4.69, 9.17) is 9.47 Å². The summed E-state index contributed by atoms with van der Waals surface area (Å²) < 4.78 is 9.45. The molecular formula is C9H9NO6. The molecule has 0 aliphatic carbocycles. The molecule has 0 radical (unpaired) electrons. The number of nitrogens with zero attached hydrogens (tertiary/aromatic N) is 1. The highest BCUT2D eigenvalue weighted by Gasteiger charge is 2.27. The maximum atomic E-state index is 10.7. The van der Waals surface area contributed by atoms with E-state index >= 15 is 0 Å². The molecule has 16 heavy (non-hydrogen) atoms. The van der Waals surface area contributed by atoms with Crippen LogP contribution in [0.3, 0.4) is 0 Å². The number of rotatable bonds is 4.